The monoisotopic (exact) mass is 1090 g/mol. The SMILES string of the molecule is CC1(C)c2ccccc2-c2cc3oc4ccc(-c5ccc6c(c5)c5cc(-c7ccc8c(c7)c7cc9c(cc7n8-c7nc(-c8ccccc8)cc(-c8ccccc8)n7)c7ccccc7n9-c7ccccc7)ccc5n6-c5ccccc5)cc4c3cc21. The van der Waals surface area contributed by atoms with Crippen molar-refractivity contribution in [1.82, 2.24) is 23.7 Å². The van der Waals surface area contributed by atoms with Crippen molar-refractivity contribution in [2.24, 2.45) is 0 Å². The molecule has 0 bridgehead atoms. The molecule has 0 spiro atoms. The zero-order chi connectivity index (χ0) is 56.1. The van der Waals surface area contributed by atoms with Gasteiger partial charge in [0.05, 0.1) is 44.5 Å². The Bertz CT molecular complexity index is 5550. The van der Waals surface area contributed by atoms with Crippen molar-refractivity contribution in [2.75, 3.05) is 0 Å². The summed E-state index contributed by atoms with van der Waals surface area (Å²) in [6.07, 6.45) is 0. The highest BCUT2D eigenvalue weighted by molar-refractivity contribution is 6.20. The van der Waals surface area contributed by atoms with Crippen molar-refractivity contribution in [3.05, 3.63) is 284 Å². The second-order valence-electron chi connectivity index (χ2n) is 23.3. The lowest BCUT2D eigenvalue weighted by molar-refractivity contribution is 0.658. The highest BCUT2D eigenvalue weighted by Gasteiger charge is 2.36. The Labute approximate surface area is 489 Å². The summed E-state index contributed by atoms with van der Waals surface area (Å²) in [7, 11) is 0. The molecule has 1 aliphatic rings. The van der Waals surface area contributed by atoms with E-state index in [1.54, 1.807) is 0 Å². The van der Waals surface area contributed by atoms with Gasteiger partial charge in [0.25, 0.3) is 0 Å². The number of nitrogens with zero attached hydrogens (tertiary/aromatic N) is 5. The minimum Gasteiger partial charge on any atom is -0.456 e. The molecule has 0 N–H and O–H groups in total. The first-order valence-corrected chi connectivity index (χ1v) is 29.2. The minimum atomic E-state index is -0.113. The third kappa shape index (κ3) is 7.12. The van der Waals surface area contributed by atoms with Gasteiger partial charge in [-0.05, 0) is 154 Å². The van der Waals surface area contributed by atoms with Crippen LogP contribution in [0.4, 0.5) is 0 Å². The number of para-hydroxylation sites is 3. The van der Waals surface area contributed by atoms with Crippen molar-refractivity contribution >= 4 is 87.4 Å². The van der Waals surface area contributed by atoms with Crippen LogP contribution in [0, 0.1) is 0 Å². The van der Waals surface area contributed by atoms with Crippen LogP contribution >= 0.6 is 0 Å². The summed E-state index contributed by atoms with van der Waals surface area (Å²) in [5, 5.41) is 9.22. The molecule has 0 fully saturated rings. The predicted octanol–water partition coefficient (Wildman–Crippen LogP) is 20.6. The third-order valence-electron chi connectivity index (χ3n) is 18.2. The molecule has 0 atom stereocenters. The van der Waals surface area contributed by atoms with E-state index in [1.807, 2.05) is 0 Å². The second-order valence-corrected chi connectivity index (χ2v) is 23.3. The van der Waals surface area contributed by atoms with Gasteiger partial charge in [0.1, 0.15) is 11.2 Å². The first-order chi connectivity index (χ1) is 41.9. The molecule has 0 amide bonds. The van der Waals surface area contributed by atoms with E-state index in [0.717, 1.165) is 127 Å². The van der Waals surface area contributed by atoms with Crippen molar-refractivity contribution in [1.29, 1.82) is 0 Å². The maximum absolute atomic E-state index is 6.65. The van der Waals surface area contributed by atoms with Crippen LogP contribution in [0.1, 0.15) is 25.0 Å². The van der Waals surface area contributed by atoms with E-state index in [0.29, 0.717) is 5.95 Å². The number of fused-ring (bicyclic) bond motifs is 15. The maximum Gasteiger partial charge on any atom is 0.235 e. The Kier molecular flexibility index (Phi) is 10.0. The molecule has 12 aromatic carbocycles. The summed E-state index contributed by atoms with van der Waals surface area (Å²) < 4.78 is 13.7. The zero-order valence-corrected chi connectivity index (χ0v) is 46.6. The Balaban J connectivity index is 0.845. The van der Waals surface area contributed by atoms with Gasteiger partial charge in [-0.15, -0.1) is 0 Å². The summed E-state index contributed by atoms with van der Waals surface area (Å²) in [6.45, 7) is 4.68. The molecule has 0 radical (unpaired) electrons. The fourth-order valence-electron chi connectivity index (χ4n) is 14.2. The number of hydrogen-bond donors (Lipinski definition) is 0. The normalized spacial score (nSPS) is 12.9. The molecular weight excluding hydrogens is 1030 g/mol. The van der Waals surface area contributed by atoms with Crippen molar-refractivity contribution in [3.63, 3.8) is 0 Å². The molecule has 5 aromatic heterocycles. The second kappa shape index (κ2) is 18.0. The summed E-state index contributed by atoms with van der Waals surface area (Å²) in [5.41, 5.74) is 24.2. The number of rotatable bonds is 7. The van der Waals surface area contributed by atoms with Gasteiger partial charge in [0.15, 0.2) is 0 Å². The van der Waals surface area contributed by atoms with Gasteiger partial charge in [-0.2, -0.15) is 0 Å². The molecule has 0 saturated heterocycles. The van der Waals surface area contributed by atoms with Gasteiger partial charge in [0, 0.05) is 71.0 Å². The molecular formula is C79H51N5O. The average molecular weight is 1090 g/mol. The Morgan fingerprint density at radius 2 is 0.718 bits per heavy atom. The first kappa shape index (κ1) is 47.5. The lowest BCUT2D eigenvalue weighted by Crippen LogP contribution is -2.14. The lowest BCUT2D eigenvalue weighted by atomic mass is 9.82. The van der Waals surface area contributed by atoms with Gasteiger partial charge in [-0.3, -0.25) is 4.57 Å². The van der Waals surface area contributed by atoms with Gasteiger partial charge >= 0.3 is 0 Å². The standard InChI is InChI=1S/C79H51N5O/c1-79(2)66-29-17-15-27-56(66)58-46-77-65(43-67(58)79)64-42-53(34-38-76(64)85-77)52-32-36-72-60(40-52)59-39-50(31-35-71(59)82(72)54-23-11-5-12-24-54)51-33-37-73-61(41-51)63-45-74-62(57-28-16-18-30-70(57)83(74)55-25-13-6-14-26-55)44-75(63)84(73)78-80-68(48-19-7-3-8-20-48)47-69(81-78)49-21-9-4-10-22-49/h3-47H,1-2H3. The van der Waals surface area contributed by atoms with Crippen LogP contribution in [0.5, 0.6) is 0 Å². The summed E-state index contributed by atoms with van der Waals surface area (Å²) >= 11 is 0. The fourth-order valence-corrected chi connectivity index (χ4v) is 14.2. The van der Waals surface area contributed by atoms with E-state index in [4.69, 9.17) is 14.4 Å². The number of hydrogen-bond acceptors (Lipinski definition) is 3. The average Bonchev–Trinajstić information content (AvgIpc) is 2.49. The largest absolute Gasteiger partial charge is 0.456 e. The van der Waals surface area contributed by atoms with Crippen LogP contribution in [0.3, 0.4) is 0 Å². The van der Waals surface area contributed by atoms with E-state index < -0.39 is 0 Å². The van der Waals surface area contributed by atoms with E-state index in [-0.39, 0.29) is 5.41 Å². The van der Waals surface area contributed by atoms with E-state index in [9.17, 15) is 0 Å². The van der Waals surface area contributed by atoms with Crippen molar-refractivity contribution in [3.8, 4) is 73.2 Å². The van der Waals surface area contributed by atoms with Crippen LogP contribution < -0.4 is 0 Å². The summed E-state index contributed by atoms with van der Waals surface area (Å²) in [4.78, 5) is 10.9. The molecule has 0 aliphatic heterocycles. The van der Waals surface area contributed by atoms with Gasteiger partial charge in [0.2, 0.25) is 5.95 Å². The van der Waals surface area contributed by atoms with Crippen LogP contribution in [-0.4, -0.2) is 23.7 Å². The molecule has 18 rings (SSSR count). The number of aromatic nitrogens is 5. The number of benzene rings is 12. The van der Waals surface area contributed by atoms with Crippen LogP contribution in [0.2, 0.25) is 0 Å². The number of furan rings is 1. The van der Waals surface area contributed by atoms with Gasteiger partial charge in [-0.25, -0.2) is 9.97 Å². The molecule has 398 valence electrons. The molecule has 85 heavy (non-hydrogen) atoms. The van der Waals surface area contributed by atoms with Gasteiger partial charge in [-0.1, -0.05) is 178 Å². The topological polar surface area (TPSA) is 53.7 Å². The molecule has 6 nitrogen and oxygen atoms in total. The highest BCUT2D eigenvalue weighted by atomic mass is 16.3. The smallest absolute Gasteiger partial charge is 0.235 e. The fraction of sp³-hybridized carbons (Fsp3) is 0.0380. The maximum atomic E-state index is 6.65. The molecule has 17 aromatic rings. The zero-order valence-electron chi connectivity index (χ0n) is 46.6. The predicted molar refractivity (Wildman–Crippen MR) is 352 cm³/mol. The van der Waals surface area contributed by atoms with Crippen molar-refractivity contribution in [2.45, 2.75) is 19.3 Å². The van der Waals surface area contributed by atoms with Crippen LogP contribution in [-0.2, 0) is 5.41 Å². The minimum absolute atomic E-state index is 0.113. The summed E-state index contributed by atoms with van der Waals surface area (Å²) in [5.74, 6) is 0.614. The highest BCUT2D eigenvalue weighted by Crippen LogP contribution is 2.51. The Hall–Kier alpha value is -11.1. The van der Waals surface area contributed by atoms with E-state index in [1.165, 1.54) is 38.4 Å². The van der Waals surface area contributed by atoms with Gasteiger partial charge < -0.3 is 13.6 Å². The van der Waals surface area contributed by atoms with Crippen LogP contribution in [0.25, 0.3) is 161 Å². The lowest BCUT2D eigenvalue weighted by Gasteiger charge is -2.21. The van der Waals surface area contributed by atoms with E-state index in [2.05, 4.69) is 301 Å². The van der Waals surface area contributed by atoms with Crippen LogP contribution in [0.15, 0.2) is 277 Å². The molecule has 6 heteroatoms. The quantitative estimate of drug-likeness (QED) is 0.160. The Morgan fingerprint density at radius 1 is 0.282 bits per heavy atom. The molecule has 0 unspecified atom stereocenters. The summed E-state index contributed by atoms with van der Waals surface area (Å²) in [6, 6.07) is 99.1. The first-order valence-electron chi connectivity index (χ1n) is 29.2. The van der Waals surface area contributed by atoms with Crippen molar-refractivity contribution < 1.29 is 4.42 Å². The third-order valence-corrected chi connectivity index (χ3v) is 18.2. The molecule has 5 heterocycles. The van der Waals surface area contributed by atoms with E-state index >= 15 is 0 Å². The molecule has 0 saturated carbocycles. The molecule has 1 aliphatic carbocycles. The Morgan fingerprint density at radius 3 is 1.32 bits per heavy atom.